The standard InChI is InChI=1S/C25H24O6/c1-5-13(2)21(27)20-22(28)19-15(14-9-7-6-8-10-14)12-18(26)31-23(19)16-11-17(25(3,4)29)30-24(16)20/h6-13,28-29H,5H2,1-4H3/t13-/m1/s1. The van der Waals surface area contributed by atoms with Crippen LogP contribution < -0.4 is 5.63 Å². The molecule has 6 nitrogen and oxygen atoms in total. The smallest absolute Gasteiger partial charge is 0.336 e. The van der Waals surface area contributed by atoms with Crippen molar-refractivity contribution in [3.8, 4) is 16.9 Å². The summed E-state index contributed by atoms with van der Waals surface area (Å²) in [6, 6.07) is 12.0. The van der Waals surface area contributed by atoms with Gasteiger partial charge < -0.3 is 19.0 Å². The van der Waals surface area contributed by atoms with Gasteiger partial charge in [-0.05, 0) is 31.9 Å². The summed E-state index contributed by atoms with van der Waals surface area (Å²) in [6.45, 7) is 6.76. The summed E-state index contributed by atoms with van der Waals surface area (Å²) in [7, 11) is 0. The molecule has 0 spiro atoms. The lowest BCUT2D eigenvalue weighted by molar-refractivity contribution is 0.0557. The minimum Gasteiger partial charge on any atom is -0.506 e. The molecule has 2 aromatic heterocycles. The van der Waals surface area contributed by atoms with Crippen molar-refractivity contribution in [2.24, 2.45) is 5.92 Å². The number of hydrogen-bond acceptors (Lipinski definition) is 6. The maximum absolute atomic E-state index is 13.3. The van der Waals surface area contributed by atoms with Crippen LogP contribution >= 0.6 is 0 Å². The van der Waals surface area contributed by atoms with E-state index in [1.54, 1.807) is 26.8 Å². The first kappa shape index (κ1) is 20.9. The summed E-state index contributed by atoms with van der Waals surface area (Å²) in [5.41, 5.74) is -0.551. The predicted octanol–water partition coefficient (Wildman–Crippen LogP) is 5.37. The van der Waals surface area contributed by atoms with Gasteiger partial charge >= 0.3 is 5.63 Å². The highest BCUT2D eigenvalue weighted by Gasteiger charge is 2.31. The summed E-state index contributed by atoms with van der Waals surface area (Å²) in [5, 5.41) is 22.4. The number of Topliss-reactive ketones (excluding diaryl/α,β-unsaturated/α-hetero) is 1. The number of furan rings is 1. The Labute approximate surface area is 178 Å². The van der Waals surface area contributed by atoms with Crippen molar-refractivity contribution in [3.63, 3.8) is 0 Å². The third-order valence-electron chi connectivity index (χ3n) is 5.63. The van der Waals surface area contributed by atoms with Gasteiger partial charge in [0.05, 0.1) is 10.8 Å². The number of aliphatic hydroxyl groups is 1. The van der Waals surface area contributed by atoms with E-state index in [-0.39, 0.29) is 45.3 Å². The Morgan fingerprint density at radius 3 is 2.39 bits per heavy atom. The second-order valence-electron chi connectivity index (χ2n) is 8.36. The highest BCUT2D eigenvalue weighted by atomic mass is 16.4. The van der Waals surface area contributed by atoms with Crippen molar-refractivity contribution < 1.29 is 23.8 Å². The molecule has 2 heterocycles. The minimum atomic E-state index is -1.34. The van der Waals surface area contributed by atoms with Gasteiger partial charge in [-0.15, -0.1) is 0 Å². The van der Waals surface area contributed by atoms with E-state index in [4.69, 9.17) is 8.83 Å². The molecule has 4 aromatic rings. The zero-order chi connectivity index (χ0) is 22.5. The van der Waals surface area contributed by atoms with Crippen molar-refractivity contribution in [1.82, 2.24) is 0 Å². The lowest BCUT2D eigenvalue weighted by atomic mass is 9.91. The molecule has 0 aliphatic heterocycles. The minimum absolute atomic E-state index is 0.0263. The molecule has 0 saturated carbocycles. The highest BCUT2D eigenvalue weighted by molar-refractivity contribution is 6.20. The van der Waals surface area contributed by atoms with Crippen LogP contribution in [0.3, 0.4) is 0 Å². The Bertz CT molecular complexity index is 1350. The van der Waals surface area contributed by atoms with Gasteiger partial charge in [0.25, 0.3) is 0 Å². The van der Waals surface area contributed by atoms with Crippen molar-refractivity contribution >= 4 is 27.7 Å². The van der Waals surface area contributed by atoms with Gasteiger partial charge in [-0.3, -0.25) is 4.79 Å². The number of fused-ring (bicyclic) bond motifs is 3. The van der Waals surface area contributed by atoms with Crippen molar-refractivity contribution in [2.45, 2.75) is 39.7 Å². The highest BCUT2D eigenvalue weighted by Crippen LogP contribution is 2.44. The largest absolute Gasteiger partial charge is 0.506 e. The molecule has 2 N–H and O–H groups in total. The molecule has 0 amide bonds. The van der Waals surface area contributed by atoms with Crippen LogP contribution in [0.2, 0.25) is 0 Å². The number of carbonyl (C=O) groups is 1. The molecule has 0 saturated heterocycles. The molecule has 31 heavy (non-hydrogen) atoms. The summed E-state index contributed by atoms with van der Waals surface area (Å²) in [6.07, 6.45) is 0.576. The summed E-state index contributed by atoms with van der Waals surface area (Å²) >= 11 is 0. The summed E-state index contributed by atoms with van der Waals surface area (Å²) in [4.78, 5) is 25.7. The monoisotopic (exact) mass is 420 g/mol. The normalized spacial score (nSPS) is 13.1. The average molecular weight is 420 g/mol. The van der Waals surface area contributed by atoms with Crippen LogP contribution in [0.1, 0.15) is 50.2 Å². The topological polar surface area (TPSA) is 101 Å². The number of phenolic OH excluding ortho intramolecular Hbond substituents is 1. The third kappa shape index (κ3) is 3.43. The zero-order valence-electron chi connectivity index (χ0n) is 17.9. The molecule has 4 rings (SSSR count). The predicted molar refractivity (Wildman–Crippen MR) is 118 cm³/mol. The molecular weight excluding hydrogens is 396 g/mol. The Morgan fingerprint density at radius 2 is 1.77 bits per heavy atom. The van der Waals surface area contributed by atoms with E-state index in [1.165, 1.54) is 6.07 Å². The van der Waals surface area contributed by atoms with Crippen LogP contribution in [-0.2, 0) is 5.60 Å². The number of hydrogen-bond donors (Lipinski definition) is 2. The van der Waals surface area contributed by atoms with Gasteiger partial charge in [0, 0.05) is 17.5 Å². The fraction of sp³-hybridized carbons (Fsp3) is 0.280. The first-order chi connectivity index (χ1) is 14.6. The molecule has 1 atom stereocenters. The van der Waals surface area contributed by atoms with E-state index < -0.39 is 11.2 Å². The van der Waals surface area contributed by atoms with E-state index >= 15 is 0 Å². The number of carbonyl (C=O) groups excluding carboxylic acids is 1. The van der Waals surface area contributed by atoms with E-state index in [0.29, 0.717) is 22.9 Å². The van der Waals surface area contributed by atoms with Crippen molar-refractivity contribution in [1.29, 1.82) is 0 Å². The lowest BCUT2D eigenvalue weighted by Gasteiger charge is -2.14. The van der Waals surface area contributed by atoms with Gasteiger partial charge in [0.15, 0.2) is 16.9 Å². The van der Waals surface area contributed by atoms with Crippen LogP contribution in [0, 0.1) is 5.92 Å². The van der Waals surface area contributed by atoms with Crippen LogP contribution in [-0.4, -0.2) is 16.0 Å². The van der Waals surface area contributed by atoms with E-state index in [0.717, 1.165) is 0 Å². The molecule has 0 radical (unpaired) electrons. The van der Waals surface area contributed by atoms with Crippen molar-refractivity contribution in [2.75, 3.05) is 0 Å². The summed E-state index contributed by atoms with van der Waals surface area (Å²) < 4.78 is 11.4. The maximum Gasteiger partial charge on any atom is 0.336 e. The molecule has 0 fully saturated rings. The zero-order valence-corrected chi connectivity index (χ0v) is 17.9. The first-order valence-electron chi connectivity index (χ1n) is 10.2. The molecule has 0 unspecified atom stereocenters. The second-order valence-corrected chi connectivity index (χ2v) is 8.36. The number of phenols is 1. The number of aromatic hydroxyl groups is 1. The summed E-state index contributed by atoms with van der Waals surface area (Å²) in [5.74, 6) is -0.751. The van der Waals surface area contributed by atoms with Crippen molar-refractivity contribution in [3.05, 3.63) is 64.2 Å². The van der Waals surface area contributed by atoms with Gasteiger partial charge in [0.2, 0.25) is 0 Å². The Hall–Kier alpha value is -3.38. The fourth-order valence-electron chi connectivity index (χ4n) is 3.70. The van der Waals surface area contributed by atoms with E-state index in [2.05, 4.69) is 0 Å². The molecule has 0 bridgehead atoms. The quantitative estimate of drug-likeness (QED) is 0.333. The maximum atomic E-state index is 13.3. The van der Waals surface area contributed by atoms with Crippen LogP contribution in [0.5, 0.6) is 5.75 Å². The van der Waals surface area contributed by atoms with Gasteiger partial charge in [0.1, 0.15) is 22.7 Å². The third-order valence-corrected chi connectivity index (χ3v) is 5.63. The Balaban J connectivity index is 2.23. The molecule has 160 valence electrons. The SMILES string of the molecule is CC[C@@H](C)C(=O)c1c(O)c2c(-c3ccccc3)cc(=O)oc2c2cc(C(C)(C)O)oc12. The van der Waals surface area contributed by atoms with E-state index in [9.17, 15) is 19.8 Å². The molecule has 0 aliphatic rings. The molecular formula is C25H24O6. The van der Waals surface area contributed by atoms with Crippen LogP contribution in [0.15, 0.2) is 56.1 Å². The van der Waals surface area contributed by atoms with Gasteiger partial charge in [-0.25, -0.2) is 4.79 Å². The van der Waals surface area contributed by atoms with E-state index in [1.807, 2.05) is 37.3 Å². The van der Waals surface area contributed by atoms with Crippen LogP contribution in [0.25, 0.3) is 33.1 Å². The number of rotatable bonds is 5. The second kappa shape index (κ2) is 7.39. The molecule has 0 aliphatic carbocycles. The fourth-order valence-corrected chi connectivity index (χ4v) is 3.70. The van der Waals surface area contributed by atoms with Gasteiger partial charge in [-0.1, -0.05) is 44.2 Å². The Morgan fingerprint density at radius 1 is 1.10 bits per heavy atom. The lowest BCUT2D eigenvalue weighted by Crippen LogP contribution is -2.14. The number of ketones is 1. The molecule has 2 aromatic carbocycles. The number of benzene rings is 2. The molecule has 6 heteroatoms. The van der Waals surface area contributed by atoms with Crippen LogP contribution in [0.4, 0.5) is 0 Å². The average Bonchev–Trinajstić information content (AvgIpc) is 3.19. The van der Waals surface area contributed by atoms with Gasteiger partial charge in [-0.2, -0.15) is 0 Å². The first-order valence-corrected chi connectivity index (χ1v) is 10.2. The Kier molecular flexibility index (Phi) is 4.98.